The standard InChI is InChI=1S/C12H19N3O3S/c1-3-18-11(17)5-4-6-13-7-10-8-19-12(15-10)14-9(2)16/h8,13H,3-7H2,1-2H3,(H,14,15,16). The van der Waals surface area contributed by atoms with E-state index < -0.39 is 0 Å². The molecule has 106 valence electrons. The van der Waals surface area contributed by atoms with Gasteiger partial charge in [0.05, 0.1) is 12.3 Å². The summed E-state index contributed by atoms with van der Waals surface area (Å²) in [6, 6.07) is 0. The average Bonchev–Trinajstić information content (AvgIpc) is 2.75. The van der Waals surface area contributed by atoms with Crippen LogP contribution in [0.5, 0.6) is 0 Å². The number of carbonyl (C=O) groups excluding carboxylic acids is 2. The molecule has 0 saturated heterocycles. The summed E-state index contributed by atoms with van der Waals surface area (Å²) in [5.74, 6) is -0.283. The van der Waals surface area contributed by atoms with Gasteiger partial charge in [-0.25, -0.2) is 4.98 Å². The first-order valence-electron chi connectivity index (χ1n) is 6.20. The van der Waals surface area contributed by atoms with Crippen molar-refractivity contribution in [3.63, 3.8) is 0 Å². The van der Waals surface area contributed by atoms with Gasteiger partial charge in [-0.1, -0.05) is 0 Å². The molecule has 0 bridgehead atoms. The third-order valence-electron chi connectivity index (χ3n) is 2.18. The normalized spacial score (nSPS) is 10.2. The number of nitrogens with zero attached hydrogens (tertiary/aromatic N) is 1. The molecule has 0 spiro atoms. The van der Waals surface area contributed by atoms with E-state index in [9.17, 15) is 9.59 Å². The van der Waals surface area contributed by atoms with Gasteiger partial charge in [0.25, 0.3) is 0 Å². The number of hydrogen-bond donors (Lipinski definition) is 2. The molecule has 1 amide bonds. The van der Waals surface area contributed by atoms with Gasteiger partial charge in [0.2, 0.25) is 5.91 Å². The molecule has 1 aromatic rings. The fourth-order valence-corrected chi connectivity index (χ4v) is 2.16. The van der Waals surface area contributed by atoms with Crippen LogP contribution in [-0.2, 0) is 20.9 Å². The van der Waals surface area contributed by atoms with Gasteiger partial charge in [-0.3, -0.25) is 9.59 Å². The van der Waals surface area contributed by atoms with E-state index in [-0.39, 0.29) is 11.9 Å². The van der Waals surface area contributed by atoms with Crippen LogP contribution in [0.3, 0.4) is 0 Å². The van der Waals surface area contributed by atoms with E-state index >= 15 is 0 Å². The zero-order valence-electron chi connectivity index (χ0n) is 11.2. The van der Waals surface area contributed by atoms with Gasteiger partial charge in [-0.2, -0.15) is 0 Å². The van der Waals surface area contributed by atoms with Gasteiger partial charge in [-0.05, 0) is 19.9 Å². The zero-order chi connectivity index (χ0) is 14.1. The molecule has 0 aliphatic rings. The van der Waals surface area contributed by atoms with Crippen molar-refractivity contribution < 1.29 is 14.3 Å². The minimum absolute atomic E-state index is 0.122. The maximum absolute atomic E-state index is 11.1. The second-order valence-corrected chi connectivity index (χ2v) is 4.77. The fourth-order valence-electron chi connectivity index (χ4n) is 1.40. The Balaban J connectivity index is 2.14. The Bertz CT molecular complexity index is 420. The lowest BCUT2D eigenvalue weighted by Gasteiger charge is -2.03. The number of esters is 1. The molecule has 0 aliphatic heterocycles. The van der Waals surface area contributed by atoms with Crippen molar-refractivity contribution in [3.8, 4) is 0 Å². The Labute approximate surface area is 116 Å². The number of aromatic nitrogens is 1. The molecule has 7 heteroatoms. The molecular formula is C12H19N3O3S. The van der Waals surface area contributed by atoms with Crippen LogP contribution in [-0.4, -0.2) is 30.0 Å². The number of thiazole rings is 1. The van der Waals surface area contributed by atoms with Crippen molar-refractivity contribution in [2.75, 3.05) is 18.5 Å². The highest BCUT2D eigenvalue weighted by Gasteiger charge is 2.04. The fraction of sp³-hybridized carbons (Fsp3) is 0.583. The number of hydrogen-bond acceptors (Lipinski definition) is 6. The molecule has 0 aromatic carbocycles. The second kappa shape index (κ2) is 8.60. The summed E-state index contributed by atoms with van der Waals surface area (Å²) in [7, 11) is 0. The minimum Gasteiger partial charge on any atom is -0.466 e. The molecular weight excluding hydrogens is 266 g/mol. The van der Waals surface area contributed by atoms with E-state index in [4.69, 9.17) is 4.74 Å². The summed E-state index contributed by atoms with van der Waals surface area (Å²) in [4.78, 5) is 26.2. The molecule has 0 saturated carbocycles. The molecule has 0 unspecified atom stereocenters. The predicted octanol–water partition coefficient (Wildman–Crippen LogP) is 1.53. The van der Waals surface area contributed by atoms with Crippen LogP contribution in [0, 0.1) is 0 Å². The Hall–Kier alpha value is -1.47. The summed E-state index contributed by atoms with van der Waals surface area (Å²) in [6.45, 7) is 5.03. The number of anilines is 1. The van der Waals surface area contributed by atoms with E-state index in [0.29, 0.717) is 24.7 Å². The SMILES string of the molecule is CCOC(=O)CCCNCc1csc(NC(C)=O)n1. The monoisotopic (exact) mass is 285 g/mol. The molecule has 6 nitrogen and oxygen atoms in total. The molecule has 19 heavy (non-hydrogen) atoms. The lowest BCUT2D eigenvalue weighted by atomic mass is 10.3. The maximum Gasteiger partial charge on any atom is 0.305 e. The summed E-state index contributed by atoms with van der Waals surface area (Å²) in [6.07, 6.45) is 1.16. The van der Waals surface area contributed by atoms with Crippen molar-refractivity contribution >= 4 is 28.3 Å². The number of amides is 1. The Morgan fingerprint density at radius 1 is 1.47 bits per heavy atom. The minimum atomic E-state index is -0.161. The maximum atomic E-state index is 11.1. The Morgan fingerprint density at radius 2 is 2.26 bits per heavy atom. The molecule has 1 rings (SSSR count). The molecule has 1 aromatic heterocycles. The summed E-state index contributed by atoms with van der Waals surface area (Å²) >= 11 is 1.40. The summed E-state index contributed by atoms with van der Waals surface area (Å²) < 4.78 is 4.83. The quantitative estimate of drug-likeness (QED) is 0.559. The molecule has 0 fully saturated rings. The third kappa shape index (κ3) is 6.88. The van der Waals surface area contributed by atoms with Crippen LogP contribution in [0.25, 0.3) is 0 Å². The Morgan fingerprint density at radius 3 is 2.95 bits per heavy atom. The van der Waals surface area contributed by atoms with Crippen LogP contribution in [0.2, 0.25) is 0 Å². The molecule has 2 N–H and O–H groups in total. The highest BCUT2D eigenvalue weighted by Crippen LogP contribution is 2.14. The highest BCUT2D eigenvalue weighted by atomic mass is 32.1. The number of ether oxygens (including phenoxy) is 1. The zero-order valence-corrected chi connectivity index (χ0v) is 12.0. The van der Waals surface area contributed by atoms with Crippen molar-refractivity contribution in [2.45, 2.75) is 33.2 Å². The van der Waals surface area contributed by atoms with Gasteiger partial charge in [0.15, 0.2) is 5.13 Å². The molecule has 0 atom stereocenters. The van der Waals surface area contributed by atoms with Crippen molar-refractivity contribution in [2.24, 2.45) is 0 Å². The van der Waals surface area contributed by atoms with Crippen molar-refractivity contribution in [1.29, 1.82) is 0 Å². The number of rotatable bonds is 8. The number of nitrogens with one attached hydrogen (secondary N) is 2. The van der Waals surface area contributed by atoms with Gasteiger partial charge >= 0.3 is 5.97 Å². The average molecular weight is 285 g/mol. The van der Waals surface area contributed by atoms with Crippen LogP contribution in [0.1, 0.15) is 32.4 Å². The van der Waals surface area contributed by atoms with Gasteiger partial charge in [0, 0.05) is 25.3 Å². The second-order valence-electron chi connectivity index (χ2n) is 3.91. The lowest BCUT2D eigenvalue weighted by molar-refractivity contribution is -0.143. The van der Waals surface area contributed by atoms with E-state index in [1.165, 1.54) is 18.3 Å². The predicted molar refractivity (Wildman–Crippen MR) is 74.0 cm³/mol. The van der Waals surface area contributed by atoms with Crippen molar-refractivity contribution in [1.82, 2.24) is 10.3 Å². The first kappa shape index (κ1) is 15.6. The molecule has 0 aliphatic carbocycles. The van der Waals surface area contributed by atoms with E-state index in [0.717, 1.165) is 18.7 Å². The van der Waals surface area contributed by atoms with Crippen LogP contribution < -0.4 is 10.6 Å². The smallest absolute Gasteiger partial charge is 0.305 e. The van der Waals surface area contributed by atoms with Gasteiger partial charge in [0.1, 0.15) is 0 Å². The molecule has 1 heterocycles. The van der Waals surface area contributed by atoms with Crippen LogP contribution in [0.4, 0.5) is 5.13 Å². The lowest BCUT2D eigenvalue weighted by Crippen LogP contribution is -2.16. The first-order valence-corrected chi connectivity index (χ1v) is 7.08. The molecule has 0 radical (unpaired) electrons. The van der Waals surface area contributed by atoms with Crippen LogP contribution in [0.15, 0.2) is 5.38 Å². The van der Waals surface area contributed by atoms with Crippen molar-refractivity contribution in [3.05, 3.63) is 11.1 Å². The number of carbonyl (C=O) groups is 2. The van der Waals surface area contributed by atoms with E-state index in [1.807, 2.05) is 5.38 Å². The van der Waals surface area contributed by atoms with Crippen LogP contribution >= 0.6 is 11.3 Å². The summed E-state index contributed by atoms with van der Waals surface area (Å²) in [5, 5.41) is 8.32. The topological polar surface area (TPSA) is 80.3 Å². The van der Waals surface area contributed by atoms with E-state index in [2.05, 4.69) is 15.6 Å². The first-order chi connectivity index (χ1) is 9.11. The largest absolute Gasteiger partial charge is 0.466 e. The van der Waals surface area contributed by atoms with E-state index in [1.54, 1.807) is 6.92 Å². The highest BCUT2D eigenvalue weighted by molar-refractivity contribution is 7.13. The van der Waals surface area contributed by atoms with Gasteiger partial charge < -0.3 is 15.4 Å². The van der Waals surface area contributed by atoms with Gasteiger partial charge in [-0.15, -0.1) is 11.3 Å². The Kier molecular flexibility index (Phi) is 7.06. The third-order valence-corrected chi connectivity index (χ3v) is 2.99. The summed E-state index contributed by atoms with van der Waals surface area (Å²) in [5.41, 5.74) is 0.880.